The topological polar surface area (TPSA) is 67.4 Å². The van der Waals surface area contributed by atoms with Gasteiger partial charge in [-0.05, 0) is 39.1 Å². The summed E-state index contributed by atoms with van der Waals surface area (Å²) in [6.07, 6.45) is 0.195. The molecule has 0 spiro atoms. The lowest BCUT2D eigenvalue weighted by molar-refractivity contribution is -0.120. The molecule has 1 amide bonds. The zero-order valence-corrected chi connectivity index (χ0v) is 12.4. The number of Topliss-reactive ketones (excluding diaryl/α,β-unsaturated/α-hetero) is 1. The molecule has 0 aromatic heterocycles. The Kier molecular flexibility index (Phi) is 6.18. The van der Waals surface area contributed by atoms with Crippen LogP contribution < -0.4 is 15.4 Å². The fourth-order valence-electron chi connectivity index (χ4n) is 1.74. The van der Waals surface area contributed by atoms with Crippen LogP contribution in [0.4, 0.5) is 0 Å². The average Bonchev–Trinajstić information content (AvgIpc) is 2.44. The molecular weight excluding hydrogens is 256 g/mol. The maximum absolute atomic E-state index is 11.9. The molecule has 1 unspecified atom stereocenters. The van der Waals surface area contributed by atoms with Crippen LogP contribution in [0, 0.1) is 0 Å². The molecule has 0 heterocycles. The number of likely N-dealkylation sites (N-methyl/N-ethyl adjacent to an activating group) is 1. The van der Waals surface area contributed by atoms with Gasteiger partial charge in [0.15, 0.2) is 5.78 Å². The van der Waals surface area contributed by atoms with Gasteiger partial charge in [-0.25, -0.2) is 0 Å². The summed E-state index contributed by atoms with van der Waals surface area (Å²) in [7, 11) is 3.39. The van der Waals surface area contributed by atoms with E-state index in [1.165, 1.54) is 6.92 Å². The molecule has 20 heavy (non-hydrogen) atoms. The number of carbonyl (C=O) groups excluding carboxylic acids is 2. The summed E-state index contributed by atoms with van der Waals surface area (Å²) in [5.41, 5.74) is 1.30. The number of amides is 1. The van der Waals surface area contributed by atoms with E-state index in [0.717, 1.165) is 5.56 Å². The first-order chi connectivity index (χ1) is 9.47. The van der Waals surface area contributed by atoms with Crippen LogP contribution in [0.5, 0.6) is 5.75 Å². The van der Waals surface area contributed by atoms with E-state index >= 15 is 0 Å². The van der Waals surface area contributed by atoms with Gasteiger partial charge in [0.2, 0.25) is 5.91 Å². The van der Waals surface area contributed by atoms with Gasteiger partial charge in [-0.15, -0.1) is 0 Å². The monoisotopic (exact) mass is 278 g/mol. The molecule has 5 heteroatoms. The van der Waals surface area contributed by atoms with Gasteiger partial charge in [-0.3, -0.25) is 9.59 Å². The van der Waals surface area contributed by atoms with E-state index in [-0.39, 0.29) is 24.2 Å². The average molecular weight is 278 g/mol. The Morgan fingerprint density at radius 2 is 2.05 bits per heavy atom. The van der Waals surface area contributed by atoms with Crippen LogP contribution in [0.15, 0.2) is 18.2 Å². The smallest absolute Gasteiger partial charge is 0.224 e. The molecule has 0 aliphatic heterocycles. The van der Waals surface area contributed by atoms with Crippen molar-refractivity contribution in [3.8, 4) is 5.75 Å². The minimum Gasteiger partial charge on any atom is -0.496 e. The molecule has 5 nitrogen and oxygen atoms in total. The molecule has 1 atom stereocenters. The van der Waals surface area contributed by atoms with Gasteiger partial charge in [-0.2, -0.15) is 0 Å². The van der Waals surface area contributed by atoms with Crippen molar-refractivity contribution in [2.75, 3.05) is 20.7 Å². The molecule has 2 N–H and O–H groups in total. The number of nitrogens with one attached hydrogen (secondary N) is 2. The Bertz CT molecular complexity index is 486. The summed E-state index contributed by atoms with van der Waals surface area (Å²) >= 11 is 0. The van der Waals surface area contributed by atoms with Crippen molar-refractivity contribution in [3.63, 3.8) is 0 Å². The van der Waals surface area contributed by atoms with Gasteiger partial charge in [0.1, 0.15) is 5.75 Å². The van der Waals surface area contributed by atoms with Gasteiger partial charge in [0.05, 0.1) is 13.5 Å². The van der Waals surface area contributed by atoms with Crippen molar-refractivity contribution < 1.29 is 14.3 Å². The van der Waals surface area contributed by atoms with Crippen molar-refractivity contribution in [3.05, 3.63) is 29.3 Å². The summed E-state index contributed by atoms with van der Waals surface area (Å²) in [6.45, 7) is 4.04. The Labute approximate surface area is 119 Å². The third-order valence-electron chi connectivity index (χ3n) is 3.14. The Morgan fingerprint density at radius 3 is 2.60 bits per heavy atom. The van der Waals surface area contributed by atoms with E-state index < -0.39 is 0 Å². The first-order valence-corrected chi connectivity index (χ1v) is 6.59. The fraction of sp³-hybridized carbons (Fsp3) is 0.467. The van der Waals surface area contributed by atoms with Gasteiger partial charge in [0.25, 0.3) is 0 Å². The normalized spacial score (nSPS) is 11.8. The standard InChI is InChI=1S/C15H22N2O3/c1-10(16-3)9-17-15(19)8-13-7-12(11(2)18)5-6-14(13)20-4/h5-7,10,16H,8-9H2,1-4H3,(H,17,19). The van der Waals surface area contributed by atoms with Crippen LogP contribution in [0.2, 0.25) is 0 Å². The summed E-state index contributed by atoms with van der Waals surface area (Å²) < 4.78 is 5.22. The van der Waals surface area contributed by atoms with Gasteiger partial charge < -0.3 is 15.4 Å². The van der Waals surface area contributed by atoms with E-state index in [1.54, 1.807) is 25.3 Å². The molecule has 1 aromatic rings. The zero-order valence-electron chi connectivity index (χ0n) is 12.4. The van der Waals surface area contributed by atoms with E-state index in [2.05, 4.69) is 10.6 Å². The van der Waals surface area contributed by atoms with Gasteiger partial charge >= 0.3 is 0 Å². The highest BCUT2D eigenvalue weighted by atomic mass is 16.5. The number of ketones is 1. The van der Waals surface area contributed by atoms with Gasteiger partial charge in [-0.1, -0.05) is 0 Å². The highest BCUT2D eigenvalue weighted by Gasteiger charge is 2.11. The minimum atomic E-state index is -0.0916. The third kappa shape index (κ3) is 4.66. The zero-order chi connectivity index (χ0) is 15.1. The fourth-order valence-corrected chi connectivity index (χ4v) is 1.74. The van der Waals surface area contributed by atoms with Crippen molar-refractivity contribution >= 4 is 11.7 Å². The Hall–Kier alpha value is -1.88. The quantitative estimate of drug-likeness (QED) is 0.735. The molecule has 1 aromatic carbocycles. The highest BCUT2D eigenvalue weighted by molar-refractivity contribution is 5.94. The number of benzene rings is 1. The van der Waals surface area contributed by atoms with Crippen LogP contribution in [0.3, 0.4) is 0 Å². The molecule has 0 saturated heterocycles. The maximum Gasteiger partial charge on any atom is 0.224 e. The molecule has 0 saturated carbocycles. The molecule has 1 rings (SSSR count). The van der Waals surface area contributed by atoms with Crippen LogP contribution in [-0.2, 0) is 11.2 Å². The number of carbonyl (C=O) groups is 2. The lowest BCUT2D eigenvalue weighted by Gasteiger charge is -2.13. The maximum atomic E-state index is 11.9. The Morgan fingerprint density at radius 1 is 1.35 bits per heavy atom. The number of hydrogen-bond acceptors (Lipinski definition) is 4. The highest BCUT2D eigenvalue weighted by Crippen LogP contribution is 2.20. The van der Waals surface area contributed by atoms with Gasteiger partial charge in [0, 0.05) is 23.7 Å². The van der Waals surface area contributed by atoms with E-state index in [4.69, 9.17) is 4.74 Å². The Balaban J connectivity index is 2.76. The van der Waals surface area contributed by atoms with Crippen LogP contribution in [-0.4, -0.2) is 38.4 Å². The minimum absolute atomic E-state index is 0.0295. The number of hydrogen-bond donors (Lipinski definition) is 2. The van der Waals surface area contributed by atoms with Crippen molar-refractivity contribution in [1.29, 1.82) is 0 Å². The summed E-state index contributed by atoms with van der Waals surface area (Å²) in [4.78, 5) is 23.3. The second-order valence-electron chi connectivity index (χ2n) is 4.75. The SMILES string of the molecule is CNC(C)CNC(=O)Cc1cc(C(C)=O)ccc1OC. The number of methoxy groups -OCH3 is 1. The van der Waals surface area contributed by atoms with Crippen molar-refractivity contribution in [1.82, 2.24) is 10.6 Å². The number of rotatable bonds is 7. The number of ether oxygens (including phenoxy) is 1. The summed E-state index contributed by atoms with van der Waals surface area (Å²) in [6, 6.07) is 5.34. The molecule has 110 valence electrons. The lowest BCUT2D eigenvalue weighted by atomic mass is 10.0. The third-order valence-corrected chi connectivity index (χ3v) is 3.14. The van der Waals surface area contributed by atoms with E-state index in [9.17, 15) is 9.59 Å². The summed E-state index contributed by atoms with van der Waals surface area (Å²) in [5, 5.41) is 5.89. The first-order valence-electron chi connectivity index (χ1n) is 6.59. The van der Waals surface area contributed by atoms with Crippen molar-refractivity contribution in [2.24, 2.45) is 0 Å². The van der Waals surface area contributed by atoms with Crippen LogP contribution in [0.25, 0.3) is 0 Å². The molecule has 0 aliphatic carbocycles. The molecule has 0 fully saturated rings. The predicted molar refractivity (Wildman–Crippen MR) is 78.2 cm³/mol. The van der Waals surface area contributed by atoms with Crippen LogP contribution in [0.1, 0.15) is 29.8 Å². The van der Waals surface area contributed by atoms with E-state index in [0.29, 0.717) is 17.9 Å². The predicted octanol–water partition coefficient (Wildman–Crippen LogP) is 1.16. The van der Waals surface area contributed by atoms with Crippen molar-refractivity contribution in [2.45, 2.75) is 26.3 Å². The molecule has 0 aliphatic rings. The second-order valence-corrected chi connectivity index (χ2v) is 4.75. The molecule has 0 radical (unpaired) electrons. The lowest BCUT2D eigenvalue weighted by Crippen LogP contribution is -2.37. The molecule has 0 bridgehead atoms. The second kappa shape index (κ2) is 7.65. The van der Waals surface area contributed by atoms with Crippen LogP contribution >= 0.6 is 0 Å². The first kappa shape index (κ1) is 16.2. The van der Waals surface area contributed by atoms with E-state index in [1.807, 2.05) is 14.0 Å². The largest absolute Gasteiger partial charge is 0.496 e. The summed E-state index contributed by atoms with van der Waals surface area (Å²) in [5.74, 6) is 0.496. The molecular formula is C15H22N2O3.